The van der Waals surface area contributed by atoms with Crippen LogP contribution < -0.4 is 18.9 Å². The molecule has 0 unspecified atom stereocenters. The van der Waals surface area contributed by atoms with Crippen molar-refractivity contribution in [2.75, 3.05) is 26.9 Å². The van der Waals surface area contributed by atoms with E-state index in [1.165, 1.54) is 22.3 Å². The molecule has 0 saturated carbocycles. The Labute approximate surface area is 263 Å². The molecular weight excluding hydrogens is 632 g/mol. The van der Waals surface area contributed by atoms with Crippen LogP contribution in [0.1, 0.15) is 31.9 Å². The number of para-hydroxylation sites is 1. The van der Waals surface area contributed by atoms with Crippen LogP contribution in [0.5, 0.6) is 23.0 Å². The number of ether oxygens (including phenoxy) is 4. The number of amidine groups is 2. The lowest BCUT2D eigenvalue weighted by Gasteiger charge is -2.20. The van der Waals surface area contributed by atoms with E-state index in [9.17, 15) is 4.79 Å². The highest BCUT2D eigenvalue weighted by Crippen LogP contribution is 2.38. The number of amides is 1. The number of thioether (sulfide) groups is 1. The molecule has 0 bridgehead atoms. The molecule has 2 aliphatic rings. The first kappa shape index (κ1) is 30.4. The number of carbonyl (C=O) groups is 1. The van der Waals surface area contributed by atoms with Crippen molar-refractivity contribution < 1.29 is 23.7 Å². The van der Waals surface area contributed by atoms with Gasteiger partial charge in [0, 0.05) is 0 Å². The molecule has 11 heteroatoms. The average Bonchev–Trinajstić information content (AvgIpc) is 3.40. The number of fused-ring (bicyclic) bond motifs is 1. The van der Waals surface area contributed by atoms with Gasteiger partial charge in [0.2, 0.25) is 5.17 Å². The van der Waals surface area contributed by atoms with Crippen LogP contribution in [0.4, 0.5) is 0 Å². The fourth-order valence-corrected chi connectivity index (χ4v) is 5.61. The van der Waals surface area contributed by atoms with Gasteiger partial charge >= 0.3 is 0 Å². The monoisotopic (exact) mass is 662 g/mol. The van der Waals surface area contributed by atoms with Crippen molar-refractivity contribution in [3.8, 4) is 23.0 Å². The van der Waals surface area contributed by atoms with Crippen LogP contribution >= 0.6 is 27.7 Å². The van der Waals surface area contributed by atoms with Gasteiger partial charge in [0.15, 0.2) is 17.3 Å². The Balaban J connectivity index is 1.23. The maximum absolute atomic E-state index is 12.9. The minimum Gasteiger partial charge on any atom is -0.493 e. The molecule has 0 fully saturated rings. The molecule has 222 valence electrons. The van der Waals surface area contributed by atoms with Crippen LogP contribution in [0.3, 0.4) is 0 Å². The molecule has 2 heterocycles. The van der Waals surface area contributed by atoms with Gasteiger partial charge in [-0.25, -0.2) is 0 Å². The van der Waals surface area contributed by atoms with Gasteiger partial charge in [-0.2, -0.15) is 15.1 Å². The highest BCUT2D eigenvalue weighted by Gasteiger charge is 2.36. The minimum atomic E-state index is -0.521. The second-order valence-corrected chi connectivity index (χ2v) is 12.5. The van der Waals surface area contributed by atoms with Gasteiger partial charge < -0.3 is 18.9 Å². The van der Waals surface area contributed by atoms with E-state index in [0.29, 0.717) is 44.1 Å². The van der Waals surface area contributed by atoms with Crippen molar-refractivity contribution in [2.24, 2.45) is 10.1 Å². The third kappa shape index (κ3) is 7.29. The summed E-state index contributed by atoms with van der Waals surface area (Å²) in [7, 11) is 1.54. The average molecular weight is 664 g/mol. The van der Waals surface area contributed by atoms with Crippen LogP contribution in [0, 0.1) is 5.41 Å². The van der Waals surface area contributed by atoms with E-state index in [1.807, 2.05) is 42.5 Å². The van der Waals surface area contributed by atoms with Gasteiger partial charge in [-0.1, -0.05) is 51.1 Å². The first-order chi connectivity index (χ1) is 20.6. The number of nitrogens with one attached hydrogen (secondary N) is 1. The van der Waals surface area contributed by atoms with Crippen molar-refractivity contribution >= 4 is 55.7 Å². The second kappa shape index (κ2) is 13.0. The number of benzene rings is 3. The third-order valence-electron chi connectivity index (χ3n) is 6.48. The zero-order chi connectivity index (χ0) is 30.6. The molecule has 9 nitrogen and oxygen atoms in total. The van der Waals surface area contributed by atoms with Gasteiger partial charge in [-0.05, 0) is 86.7 Å². The Kier molecular flexibility index (Phi) is 9.22. The van der Waals surface area contributed by atoms with Crippen LogP contribution in [0.2, 0.25) is 0 Å². The predicted molar refractivity (Wildman–Crippen MR) is 174 cm³/mol. The number of nitrogens with zero attached hydrogens (tertiary/aromatic N) is 3. The van der Waals surface area contributed by atoms with Crippen molar-refractivity contribution in [1.29, 1.82) is 5.41 Å². The zero-order valence-corrected chi connectivity index (χ0v) is 26.6. The van der Waals surface area contributed by atoms with Gasteiger partial charge in [0.1, 0.15) is 36.4 Å². The largest absolute Gasteiger partial charge is 0.493 e. The van der Waals surface area contributed by atoms with Gasteiger partial charge in [-0.3, -0.25) is 10.2 Å². The zero-order valence-electron chi connectivity index (χ0n) is 24.2. The molecule has 1 N–H and O–H groups in total. The molecule has 0 radical (unpaired) electrons. The van der Waals surface area contributed by atoms with Gasteiger partial charge in [-0.15, -0.1) is 0 Å². The van der Waals surface area contributed by atoms with Gasteiger partial charge in [0.05, 0.1) is 17.2 Å². The minimum absolute atomic E-state index is 0.0692. The van der Waals surface area contributed by atoms with E-state index in [1.54, 1.807) is 25.3 Å². The second-order valence-electron chi connectivity index (χ2n) is 10.6. The summed E-state index contributed by atoms with van der Waals surface area (Å²) in [4.78, 5) is 17.1. The van der Waals surface area contributed by atoms with Crippen molar-refractivity contribution in [2.45, 2.75) is 26.2 Å². The molecule has 0 aromatic heterocycles. The number of aliphatic imine (C=N–C) groups is 1. The Morgan fingerprint density at radius 2 is 1.67 bits per heavy atom. The molecule has 1 amide bonds. The molecule has 2 aliphatic heterocycles. The smallest absolute Gasteiger partial charge is 0.283 e. The van der Waals surface area contributed by atoms with Crippen molar-refractivity contribution in [3.05, 3.63) is 87.9 Å². The highest BCUT2D eigenvalue weighted by molar-refractivity contribution is 9.10. The summed E-state index contributed by atoms with van der Waals surface area (Å²) in [5, 5.41) is 15.4. The molecule has 0 saturated heterocycles. The van der Waals surface area contributed by atoms with Gasteiger partial charge in [0.25, 0.3) is 5.91 Å². The van der Waals surface area contributed by atoms with E-state index in [-0.39, 0.29) is 30.0 Å². The Hall–Kier alpha value is -4.09. The number of hydrogen-bond acceptors (Lipinski definition) is 8. The maximum Gasteiger partial charge on any atom is 0.283 e. The lowest BCUT2D eigenvalue weighted by molar-refractivity contribution is -0.114. The normalized spacial score (nSPS) is 15.7. The Morgan fingerprint density at radius 3 is 2.37 bits per heavy atom. The first-order valence-electron chi connectivity index (χ1n) is 13.5. The van der Waals surface area contributed by atoms with Crippen LogP contribution in [0.15, 0.2) is 86.9 Å². The number of hydrazone groups is 1. The summed E-state index contributed by atoms with van der Waals surface area (Å²) in [6.07, 6.45) is 1.59. The topological polar surface area (TPSA) is 106 Å². The predicted octanol–water partition coefficient (Wildman–Crippen LogP) is 6.91. The van der Waals surface area contributed by atoms with Crippen molar-refractivity contribution in [3.63, 3.8) is 0 Å². The maximum atomic E-state index is 12.9. The summed E-state index contributed by atoms with van der Waals surface area (Å²) in [5.74, 6) is 1.85. The summed E-state index contributed by atoms with van der Waals surface area (Å²) < 4.78 is 23.8. The number of rotatable bonds is 10. The quantitative estimate of drug-likeness (QED) is 0.186. The number of carbonyl (C=O) groups excluding carboxylic acids is 1. The Bertz CT molecular complexity index is 1620. The molecule has 43 heavy (non-hydrogen) atoms. The Morgan fingerprint density at radius 1 is 0.977 bits per heavy atom. The molecular formula is C32H31BrN4O5S. The highest BCUT2D eigenvalue weighted by atomic mass is 79.9. The number of hydrogen-bond donors (Lipinski definition) is 1. The molecule has 0 aliphatic carbocycles. The lowest BCUT2D eigenvalue weighted by atomic mass is 9.87. The summed E-state index contributed by atoms with van der Waals surface area (Å²) >= 11 is 4.76. The molecule has 0 atom stereocenters. The van der Waals surface area contributed by atoms with E-state index in [4.69, 9.17) is 24.4 Å². The van der Waals surface area contributed by atoms with Crippen molar-refractivity contribution in [1.82, 2.24) is 5.01 Å². The number of halogens is 1. The molecule has 3 aromatic carbocycles. The van der Waals surface area contributed by atoms with Crippen LogP contribution in [-0.2, 0) is 10.2 Å². The number of methoxy groups -OCH3 is 1. The van der Waals surface area contributed by atoms with E-state index in [0.717, 1.165) is 5.75 Å². The summed E-state index contributed by atoms with van der Waals surface area (Å²) in [5.41, 5.74) is 2.05. The first-order valence-corrected chi connectivity index (χ1v) is 15.1. The van der Waals surface area contributed by atoms with E-state index >= 15 is 0 Å². The van der Waals surface area contributed by atoms with Crippen LogP contribution in [-0.4, -0.2) is 53.9 Å². The summed E-state index contributed by atoms with van der Waals surface area (Å²) in [6.45, 7) is 7.35. The third-order valence-corrected chi connectivity index (χ3v) is 7.95. The van der Waals surface area contributed by atoms with Crippen LogP contribution in [0.25, 0.3) is 6.08 Å². The standard InChI is InChI=1S/C32H31BrN4O5S/c1-32(2,3)21-10-12-23(13-11-21)40-14-15-41-28-25(33)17-20(18-26(28)39-4)16-24-29(34)37-31(35-30(24)38)43-27(36-37)19-42-22-8-6-5-7-9-22/h5-13,16-18,34H,14-15,19H2,1-4H3/b24-16-,34-29?. The molecule has 3 aromatic rings. The summed E-state index contributed by atoms with van der Waals surface area (Å²) in [6, 6.07) is 20.9. The SMILES string of the molecule is COc1cc(/C=C2/C(=N)N3N=C(COc4ccccc4)SC3=NC2=O)cc(Br)c1OCCOc1ccc(C(C)(C)C)cc1. The fourth-order valence-electron chi connectivity index (χ4n) is 4.24. The fraction of sp³-hybridized carbons (Fsp3) is 0.250. The lowest BCUT2D eigenvalue weighted by Crippen LogP contribution is -2.35. The van der Waals surface area contributed by atoms with E-state index < -0.39 is 5.91 Å². The van der Waals surface area contributed by atoms with E-state index in [2.05, 4.69) is 58.9 Å². The molecule has 5 rings (SSSR count). The molecule has 0 spiro atoms.